The summed E-state index contributed by atoms with van der Waals surface area (Å²) in [5, 5.41) is 3.52. The van der Waals surface area contributed by atoms with E-state index in [9.17, 15) is 4.79 Å². The predicted molar refractivity (Wildman–Crippen MR) is 81.5 cm³/mol. The Hall–Kier alpha value is -1.59. The number of H-pyrrole nitrogens is 1. The number of hydrogen-bond acceptors (Lipinski definition) is 4. The Bertz CT molecular complexity index is 664. The number of nitrogens with one attached hydrogen (secondary N) is 2. The summed E-state index contributed by atoms with van der Waals surface area (Å²) in [6.45, 7) is 2.99. The first-order valence-electron chi connectivity index (χ1n) is 7.57. The minimum Gasteiger partial charge on any atom is -0.408 e. The lowest BCUT2D eigenvalue weighted by molar-refractivity contribution is -0.0837. The number of aromatic nitrogens is 1. The first kappa shape index (κ1) is 14.4. The van der Waals surface area contributed by atoms with Gasteiger partial charge in [-0.15, -0.1) is 0 Å². The fourth-order valence-corrected chi connectivity index (χ4v) is 3.17. The van der Waals surface area contributed by atoms with Crippen LogP contribution in [0.4, 0.5) is 0 Å². The van der Waals surface area contributed by atoms with Crippen LogP contribution in [0, 0.1) is 0 Å². The number of fused-ring (bicyclic) bond motifs is 1. The van der Waals surface area contributed by atoms with Crippen molar-refractivity contribution in [1.29, 1.82) is 0 Å². The van der Waals surface area contributed by atoms with Gasteiger partial charge >= 0.3 is 5.76 Å². The molecule has 2 aromatic rings. The van der Waals surface area contributed by atoms with Crippen LogP contribution in [0.25, 0.3) is 11.1 Å². The molecule has 0 aliphatic heterocycles. The average Bonchev–Trinajstić information content (AvgIpc) is 2.80. The van der Waals surface area contributed by atoms with Gasteiger partial charge in [-0.3, -0.25) is 4.98 Å². The van der Waals surface area contributed by atoms with Crippen LogP contribution in [0.3, 0.4) is 0 Å². The molecule has 1 atom stereocenters. The predicted octanol–water partition coefficient (Wildman–Crippen LogP) is 2.73. The molecule has 5 nitrogen and oxygen atoms in total. The van der Waals surface area contributed by atoms with Gasteiger partial charge < -0.3 is 14.5 Å². The number of benzene rings is 1. The summed E-state index contributed by atoms with van der Waals surface area (Å²) in [6, 6.07) is 6.10. The second-order valence-corrected chi connectivity index (χ2v) is 5.83. The van der Waals surface area contributed by atoms with Gasteiger partial charge in [0.15, 0.2) is 5.58 Å². The van der Waals surface area contributed by atoms with Gasteiger partial charge in [-0.05, 0) is 49.9 Å². The number of methoxy groups -OCH3 is 1. The molecule has 1 aromatic carbocycles. The van der Waals surface area contributed by atoms with Crippen molar-refractivity contribution in [3.05, 3.63) is 34.3 Å². The average molecular weight is 290 g/mol. The fraction of sp³-hybridized carbons (Fsp3) is 0.562. The SMILES string of the molecule is CCNC(CC1(OC)CCC1)c1ccc2[nH]c(=O)oc2c1. The lowest BCUT2D eigenvalue weighted by Gasteiger charge is -2.43. The van der Waals surface area contributed by atoms with E-state index in [0.717, 1.165) is 36.9 Å². The topological polar surface area (TPSA) is 67.3 Å². The monoisotopic (exact) mass is 290 g/mol. The molecule has 2 N–H and O–H groups in total. The first-order valence-corrected chi connectivity index (χ1v) is 7.57. The van der Waals surface area contributed by atoms with Crippen molar-refractivity contribution in [2.45, 2.75) is 44.2 Å². The molecule has 1 unspecified atom stereocenters. The van der Waals surface area contributed by atoms with Crippen molar-refractivity contribution >= 4 is 11.1 Å². The van der Waals surface area contributed by atoms with Crippen molar-refractivity contribution in [2.24, 2.45) is 0 Å². The van der Waals surface area contributed by atoms with Crippen molar-refractivity contribution in [3.8, 4) is 0 Å². The maximum Gasteiger partial charge on any atom is 0.417 e. The number of rotatable bonds is 6. The van der Waals surface area contributed by atoms with Crippen LogP contribution in [0.2, 0.25) is 0 Å². The molecule has 1 aliphatic rings. The van der Waals surface area contributed by atoms with E-state index >= 15 is 0 Å². The lowest BCUT2D eigenvalue weighted by atomic mass is 9.74. The summed E-state index contributed by atoms with van der Waals surface area (Å²) in [6.07, 6.45) is 4.41. The Balaban J connectivity index is 1.88. The van der Waals surface area contributed by atoms with Crippen molar-refractivity contribution in [3.63, 3.8) is 0 Å². The lowest BCUT2D eigenvalue weighted by Crippen LogP contribution is -2.42. The zero-order valence-electron chi connectivity index (χ0n) is 12.6. The van der Waals surface area contributed by atoms with Crippen LogP contribution in [0.5, 0.6) is 0 Å². The summed E-state index contributed by atoms with van der Waals surface area (Å²) >= 11 is 0. The van der Waals surface area contributed by atoms with Gasteiger partial charge in [-0.2, -0.15) is 0 Å². The number of aromatic amines is 1. The van der Waals surface area contributed by atoms with E-state index in [2.05, 4.69) is 17.2 Å². The maximum absolute atomic E-state index is 11.3. The minimum atomic E-state index is -0.408. The molecule has 3 rings (SSSR count). The molecule has 21 heavy (non-hydrogen) atoms. The van der Waals surface area contributed by atoms with Gasteiger partial charge in [-0.1, -0.05) is 13.0 Å². The minimum absolute atomic E-state index is 0.000771. The largest absolute Gasteiger partial charge is 0.417 e. The molecule has 1 saturated carbocycles. The summed E-state index contributed by atoms with van der Waals surface area (Å²) in [4.78, 5) is 13.9. The van der Waals surface area contributed by atoms with Crippen molar-refractivity contribution in [2.75, 3.05) is 13.7 Å². The first-order chi connectivity index (χ1) is 10.2. The third-order valence-electron chi connectivity index (χ3n) is 4.57. The van der Waals surface area contributed by atoms with Gasteiger partial charge in [0.05, 0.1) is 11.1 Å². The van der Waals surface area contributed by atoms with Crippen LogP contribution < -0.4 is 11.1 Å². The van der Waals surface area contributed by atoms with E-state index in [0.29, 0.717) is 5.58 Å². The molecule has 1 aromatic heterocycles. The highest BCUT2D eigenvalue weighted by molar-refractivity contribution is 5.72. The Labute approximate surface area is 123 Å². The molecule has 1 aliphatic carbocycles. The summed E-state index contributed by atoms with van der Waals surface area (Å²) in [7, 11) is 1.80. The summed E-state index contributed by atoms with van der Waals surface area (Å²) < 4.78 is 10.9. The van der Waals surface area contributed by atoms with Crippen LogP contribution in [0.1, 0.15) is 44.2 Å². The standard InChI is InChI=1S/C16H22N2O3/c1-3-17-13(10-16(20-2)7-4-8-16)11-5-6-12-14(9-11)21-15(19)18-12/h5-6,9,13,17H,3-4,7-8,10H2,1-2H3,(H,18,19). The Morgan fingerprint density at radius 3 is 2.90 bits per heavy atom. The van der Waals surface area contributed by atoms with E-state index in [1.54, 1.807) is 7.11 Å². The zero-order chi connectivity index (χ0) is 14.9. The number of hydrogen-bond donors (Lipinski definition) is 2. The number of ether oxygens (including phenoxy) is 1. The number of oxazole rings is 1. The smallest absolute Gasteiger partial charge is 0.408 e. The van der Waals surface area contributed by atoms with Gasteiger partial charge in [0.1, 0.15) is 0 Å². The quantitative estimate of drug-likeness (QED) is 0.858. The van der Waals surface area contributed by atoms with Crippen LogP contribution in [-0.4, -0.2) is 24.2 Å². The zero-order valence-corrected chi connectivity index (χ0v) is 12.6. The molecule has 0 bridgehead atoms. The van der Waals surface area contributed by atoms with Crippen LogP contribution in [-0.2, 0) is 4.74 Å². The highest BCUT2D eigenvalue weighted by Gasteiger charge is 2.39. The third kappa shape index (κ3) is 2.76. The molecule has 5 heteroatoms. The van der Waals surface area contributed by atoms with Gasteiger partial charge in [0.25, 0.3) is 0 Å². The van der Waals surface area contributed by atoms with E-state index in [1.165, 1.54) is 6.42 Å². The van der Waals surface area contributed by atoms with E-state index in [4.69, 9.17) is 9.15 Å². The van der Waals surface area contributed by atoms with Gasteiger partial charge in [0, 0.05) is 13.2 Å². The van der Waals surface area contributed by atoms with E-state index in [1.807, 2.05) is 18.2 Å². The summed E-state index contributed by atoms with van der Waals surface area (Å²) in [5.41, 5.74) is 2.49. The molecule has 1 heterocycles. The maximum atomic E-state index is 11.3. The summed E-state index contributed by atoms with van der Waals surface area (Å²) in [5.74, 6) is -0.408. The molecule has 0 amide bonds. The van der Waals surface area contributed by atoms with E-state index < -0.39 is 5.76 Å². The van der Waals surface area contributed by atoms with Crippen molar-refractivity contribution in [1.82, 2.24) is 10.3 Å². The third-order valence-corrected chi connectivity index (χ3v) is 4.57. The molecular weight excluding hydrogens is 268 g/mol. The second-order valence-electron chi connectivity index (χ2n) is 5.83. The van der Waals surface area contributed by atoms with Crippen molar-refractivity contribution < 1.29 is 9.15 Å². The molecular formula is C16H22N2O3. The highest BCUT2D eigenvalue weighted by Crippen LogP contribution is 2.42. The van der Waals surface area contributed by atoms with Gasteiger partial charge in [0.2, 0.25) is 0 Å². The van der Waals surface area contributed by atoms with E-state index in [-0.39, 0.29) is 11.6 Å². The molecule has 1 fully saturated rings. The Kier molecular flexibility index (Phi) is 3.87. The Morgan fingerprint density at radius 1 is 1.48 bits per heavy atom. The molecule has 0 radical (unpaired) electrons. The molecule has 114 valence electrons. The molecule has 0 saturated heterocycles. The normalized spacial score (nSPS) is 18.6. The Morgan fingerprint density at radius 2 is 2.29 bits per heavy atom. The van der Waals surface area contributed by atoms with Crippen LogP contribution >= 0.6 is 0 Å². The fourth-order valence-electron chi connectivity index (χ4n) is 3.17. The molecule has 0 spiro atoms. The van der Waals surface area contributed by atoms with Gasteiger partial charge in [-0.25, -0.2) is 4.79 Å². The highest BCUT2D eigenvalue weighted by atomic mass is 16.5. The second kappa shape index (κ2) is 5.66. The van der Waals surface area contributed by atoms with Crippen LogP contribution in [0.15, 0.2) is 27.4 Å².